The first kappa shape index (κ1) is 19.7. The molecule has 3 rings (SSSR count). The van der Waals surface area contributed by atoms with E-state index in [0.29, 0.717) is 13.0 Å². The molecular weight excluding hydrogens is 352 g/mol. The summed E-state index contributed by atoms with van der Waals surface area (Å²) in [7, 11) is 1.97. The summed E-state index contributed by atoms with van der Waals surface area (Å²) in [6.45, 7) is 2.38. The molecule has 0 aliphatic heterocycles. The Hall–Kier alpha value is -3.08. The number of esters is 1. The van der Waals surface area contributed by atoms with Crippen LogP contribution in [0.2, 0.25) is 0 Å². The molecule has 0 bridgehead atoms. The fraction of sp³-hybridized carbons (Fsp3) is 0.304. The van der Waals surface area contributed by atoms with Gasteiger partial charge >= 0.3 is 5.97 Å². The number of hydrogen-bond donors (Lipinski definition) is 1. The normalized spacial score (nSPS) is 11.9. The summed E-state index contributed by atoms with van der Waals surface area (Å²) in [4.78, 5) is 24.9. The van der Waals surface area contributed by atoms with E-state index in [1.54, 1.807) is 6.92 Å². The molecule has 146 valence electrons. The van der Waals surface area contributed by atoms with Gasteiger partial charge < -0.3 is 14.6 Å². The van der Waals surface area contributed by atoms with E-state index in [1.165, 1.54) is 0 Å². The maximum Gasteiger partial charge on any atom is 0.311 e. The van der Waals surface area contributed by atoms with Gasteiger partial charge in [-0.2, -0.15) is 0 Å². The summed E-state index contributed by atoms with van der Waals surface area (Å²) in [6, 6.07) is 17.8. The van der Waals surface area contributed by atoms with Gasteiger partial charge in [0, 0.05) is 30.7 Å². The molecule has 5 nitrogen and oxygen atoms in total. The van der Waals surface area contributed by atoms with E-state index < -0.39 is 5.92 Å². The lowest BCUT2D eigenvalue weighted by molar-refractivity contribution is -0.147. The van der Waals surface area contributed by atoms with E-state index in [4.69, 9.17) is 4.74 Å². The zero-order valence-corrected chi connectivity index (χ0v) is 16.4. The van der Waals surface area contributed by atoms with Gasteiger partial charge in [-0.25, -0.2) is 0 Å². The minimum Gasteiger partial charge on any atom is -0.466 e. The Morgan fingerprint density at radius 2 is 1.79 bits per heavy atom. The number of carbonyl (C=O) groups is 2. The molecule has 5 heteroatoms. The second-order valence-electron chi connectivity index (χ2n) is 6.90. The smallest absolute Gasteiger partial charge is 0.311 e. The van der Waals surface area contributed by atoms with Crippen molar-refractivity contribution in [3.05, 3.63) is 71.9 Å². The summed E-state index contributed by atoms with van der Waals surface area (Å²) in [6.07, 6.45) is 2.80. The van der Waals surface area contributed by atoms with Gasteiger partial charge in [-0.1, -0.05) is 48.5 Å². The average molecular weight is 378 g/mol. The summed E-state index contributed by atoms with van der Waals surface area (Å²) in [5, 5.41) is 3.99. The Bertz CT molecular complexity index is 947. The molecule has 0 radical (unpaired) electrons. The predicted octanol–water partition coefficient (Wildman–Crippen LogP) is 3.26. The van der Waals surface area contributed by atoms with Crippen LogP contribution in [0.15, 0.2) is 60.8 Å². The van der Waals surface area contributed by atoms with Crippen LogP contribution in [0.4, 0.5) is 0 Å². The fourth-order valence-corrected chi connectivity index (χ4v) is 3.44. The highest BCUT2D eigenvalue weighted by molar-refractivity contribution is 5.89. The van der Waals surface area contributed by atoms with Crippen LogP contribution in [0.25, 0.3) is 10.9 Å². The Morgan fingerprint density at radius 3 is 2.54 bits per heavy atom. The fourth-order valence-electron chi connectivity index (χ4n) is 3.44. The van der Waals surface area contributed by atoms with Gasteiger partial charge in [-0.3, -0.25) is 9.59 Å². The molecule has 1 atom stereocenters. The summed E-state index contributed by atoms with van der Waals surface area (Å²) in [5.74, 6) is -0.783. The summed E-state index contributed by atoms with van der Waals surface area (Å²) < 4.78 is 7.22. The number of rotatable bonds is 8. The molecule has 3 aromatic rings. The summed E-state index contributed by atoms with van der Waals surface area (Å²) in [5.41, 5.74) is 3.12. The van der Waals surface area contributed by atoms with Crippen LogP contribution < -0.4 is 5.32 Å². The lowest BCUT2D eigenvalue weighted by Crippen LogP contribution is -2.35. The van der Waals surface area contributed by atoms with Gasteiger partial charge in [0.15, 0.2) is 0 Å². The third-order valence-corrected chi connectivity index (χ3v) is 4.82. The number of hydrogen-bond acceptors (Lipinski definition) is 3. The third-order valence-electron chi connectivity index (χ3n) is 4.82. The van der Waals surface area contributed by atoms with Crippen molar-refractivity contribution in [2.45, 2.75) is 19.8 Å². The molecule has 28 heavy (non-hydrogen) atoms. The topological polar surface area (TPSA) is 60.3 Å². The van der Waals surface area contributed by atoms with Gasteiger partial charge in [0.2, 0.25) is 5.91 Å². The Balaban J connectivity index is 1.64. The number of amides is 1. The van der Waals surface area contributed by atoms with Crippen molar-refractivity contribution in [1.29, 1.82) is 0 Å². The zero-order chi connectivity index (χ0) is 19.9. The molecular formula is C23H26N2O3. The first-order chi connectivity index (χ1) is 13.6. The average Bonchev–Trinajstić information content (AvgIpc) is 3.02. The van der Waals surface area contributed by atoms with E-state index in [-0.39, 0.29) is 24.8 Å². The van der Waals surface area contributed by atoms with E-state index in [2.05, 4.69) is 5.32 Å². The molecule has 1 amide bonds. The van der Waals surface area contributed by atoms with Crippen molar-refractivity contribution in [2.24, 2.45) is 13.0 Å². The van der Waals surface area contributed by atoms with Gasteiger partial charge in [0.1, 0.15) is 0 Å². The predicted molar refractivity (Wildman–Crippen MR) is 110 cm³/mol. The number of aryl methyl sites for hydroxylation is 1. The standard InChI is InChI=1S/C23H26N2O3/c1-3-28-23(27)18(13-17-9-5-4-6-10-17)15-24-22(26)14-19-16-25(2)21-12-8-7-11-20(19)21/h4-12,16,18H,3,13-15H2,1-2H3,(H,24,26). The number of ether oxygens (including phenoxy) is 1. The van der Waals surface area contributed by atoms with Crippen molar-refractivity contribution < 1.29 is 14.3 Å². The van der Waals surface area contributed by atoms with Gasteiger partial charge in [0.25, 0.3) is 0 Å². The minimum absolute atomic E-state index is 0.0984. The summed E-state index contributed by atoms with van der Waals surface area (Å²) >= 11 is 0. The molecule has 1 unspecified atom stereocenters. The Kier molecular flexibility index (Phi) is 6.48. The molecule has 0 aliphatic rings. The third kappa shape index (κ3) is 4.80. The molecule has 1 aromatic heterocycles. The van der Waals surface area contributed by atoms with Crippen LogP contribution in [0.1, 0.15) is 18.1 Å². The first-order valence-electron chi connectivity index (χ1n) is 9.58. The maximum atomic E-state index is 12.5. The number of nitrogens with one attached hydrogen (secondary N) is 1. The molecule has 1 N–H and O–H groups in total. The molecule has 0 fully saturated rings. The number of aromatic nitrogens is 1. The van der Waals surface area contributed by atoms with Crippen LogP contribution in [0.5, 0.6) is 0 Å². The van der Waals surface area contributed by atoms with Crippen molar-refractivity contribution in [2.75, 3.05) is 13.2 Å². The zero-order valence-electron chi connectivity index (χ0n) is 16.4. The highest BCUT2D eigenvalue weighted by atomic mass is 16.5. The second kappa shape index (κ2) is 9.22. The number of nitrogens with zero attached hydrogens (tertiary/aromatic N) is 1. The van der Waals surface area contributed by atoms with Crippen molar-refractivity contribution in [1.82, 2.24) is 9.88 Å². The van der Waals surface area contributed by atoms with E-state index in [9.17, 15) is 9.59 Å². The number of fused-ring (bicyclic) bond motifs is 1. The number of para-hydroxylation sites is 1. The van der Waals surface area contributed by atoms with E-state index in [0.717, 1.165) is 22.0 Å². The monoisotopic (exact) mass is 378 g/mol. The first-order valence-corrected chi connectivity index (χ1v) is 9.58. The Morgan fingerprint density at radius 1 is 1.07 bits per heavy atom. The number of benzene rings is 2. The molecule has 0 spiro atoms. The molecule has 0 saturated carbocycles. The minimum atomic E-state index is -0.404. The van der Waals surface area contributed by atoms with Crippen LogP contribution in [0.3, 0.4) is 0 Å². The maximum absolute atomic E-state index is 12.5. The highest BCUT2D eigenvalue weighted by Gasteiger charge is 2.21. The van der Waals surface area contributed by atoms with Crippen molar-refractivity contribution in [3.63, 3.8) is 0 Å². The van der Waals surface area contributed by atoms with Crippen molar-refractivity contribution in [3.8, 4) is 0 Å². The van der Waals surface area contributed by atoms with E-state index >= 15 is 0 Å². The van der Waals surface area contributed by atoms with Crippen LogP contribution >= 0.6 is 0 Å². The molecule has 0 saturated heterocycles. The van der Waals surface area contributed by atoms with Gasteiger partial charge in [0.05, 0.1) is 18.9 Å². The highest BCUT2D eigenvalue weighted by Crippen LogP contribution is 2.20. The van der Waals surface area contributed by atoms with Crippen LogP contribution in [0, 0.1) is 5.92 Å². The van der Waals surface area contributed by atoms with Crippen LogP contribution in [-0.2, 0) is 34.2 Å². The lowest BCUT2D eigenvalue weighted by Gasteiger charge is -2.16. The largest absolute Gasteiger partial charge is 0.466 e. The molecule has 2 aromatic carbocycles. The number of carbonyl (C=O) groups excluding carboxylic acids is 2. The second-order valence-corrected chi connectivity index (χ2v) is 6.90. The quantitative estimate of drug-likeness (QED) is 0.612. The van der Waals surface area contributed by atoms with Crippen LogP contribution in [-0.4, -0.2) is 29.6 Å². The molecule has 0 aliphatic carbocycles. The van der Waals surface area contributed by atoms with Crippen molar-refractivity contribution >= 4 is 22.8 Å². The molecule has 1 heterocycles. The van der Waals surface area contributed by atoms with Gasteiger partial charge in [-0.05, 0) is 30.5 Å². The lowest BCUT2D eigenvalue weighted by atomic mass is 9.99. The van der Waals surface area contributed by atoms with Gasteiger partial charge in [-0.15, -0.1) is 0 Å². The SMILES string of the molecule is CCOC(=O)C(CNC(=O)Cc1cn(C)c2ccccc12)Cc1ccccc1. The van der Waals surface area contributed by atoms with E-state index in [1.807, 2.05) is 72.4 Å². The Labute approximate surface area is 165 Å².